The highest BCUT2D eigenvalue weighted by Crippen LogP contribution is 2.07. The molecule has 0 spiro atoms. The van der Waals surface area contributed by atoms with Crippen LogP contribution < -0.4 is 8.85 Å². The fraction of sp³-hybridized carbons (Fsp3) is 0.800. The molecule has 1 aliphatic rings. The van der Waals surface area contributed by atoms with Crippen LogP contribution in [0.3, 0.4) is 0 Å². The largest absolute Gasteiger partial charge is 0.316 e. The Hall–Kier alpha value is 0.160. The molecule has 0 aromatic rings. The first-order chi connectivity index (χ1) is 4.34. The van der Waals surface area contributed by atoms with Gasteiger partial charge in [-0.15, -0.1) is 0 Å². The van der Waals surface area contributed by atoms with Crippen LogP contribution in [0.15, 0.2) is 0 Å². The summed E-state index contributed by atoms with van der Waals surface area (Å²) in [6.07, 6.45) is 0.981. The first-order valence-electron chi connectivity index (χ1n) is 2.96. The average molecular weight is 240 g/mol. The van der Waals surface area contributed by atoms with Crippen LogP contribution in [0.2, 0.25) is 0 Å². The molecular formula is C5H9IN2O. The third-order valence-corrected chi connectivity index (χ3v) is 2.06. The van der Waals surface area contributed by atoms with Gasteiger partial charge in [0.15, 0.2) is 0 Å². The first-order valence-corrected chi connectivity index (χ1v) is 4.03. The molecule has 1 saturated heterocycles. The standard InChI is InChI=1S/C5H9IN2O/c6-8-5(9)4-1-2-7-3-4/h4,7H,1-3H2,(H,8,9)/t4-/m1/s1. The maximum Gasteiger partial charge on any atom is 0.233 e. The van der Waals surface area contributed by atoms with Gasteiger partial charge < -0.3 is 5.32 Å². The number of hydrogen-bond acceptors (Lipinski definition) is 2. The van der Waals surface area contributed by atoms with E-state index in [1.165, 1.54) is 0 Å². The summed E-state index contributed by atoms with van der Waals surface area (Å²) in [5.74, 6) is 0.363. The summed E-state index contributed by atoms with van der Waals surface area (Å²) in [5.41, 5.74) is 0. The van der Waals surface area contributed by atoms with Crippen LogP contribution in [-0.2, 0) is 4.79 Å². The van der Waals surface area contributed by atoms with Gasteiger partial charge in [0.1, 0.15) is 0 Å². The number of amides is 1. The van der Waals surface area contributed by atoms with Crippen LogP contribution >= 0.6 is 22.9 Å². The lowest BCUT2D eigenvalue weighted by Gasteiger charge is -2.02. The van der Waals surface area contributed by atoms with E-state index >= 15 is 0 Å². The molecule has 3 nitrogen and oxygen atoms in total. The van der Waals surface area contributed by atoms with Gasteiger partial charge in [0.2, 0.25) is 5.91 Å². The quantitative estimate of drug-likeness (QED) is 0.502. The van der Waals surface area contributed by atoms with Crippen LogP contribution in [-0.4, -0.2) is 19.0 Å². The lowest BCUT2D eigenvalue weighted by atomic mass is 10.1. The van der Waals surface area contributed by atoms with E-state index in [-0.39, 0.29) is 11.8 Å². The van der Waals surface area contributed by atoms with Crippen molar-refractivity contribution in [2.45, 2.75) is 6.42 Å². The summed E-state index contributed by atoms with van der Waals surface area (Å²) in [4.78, 5) is 10.9. The second-order valence-electron chi connectivity index (χ2n) is 2.15. The highest BCUT2D eigenvalue weighted by atomic mass is 127. The minimum absolute atomic E-state index is 0.153. The molecule has 4 heteroatoms. The monoisotopic (exact) mass is 240 g/mol. The van der Waals surface area contributed by atoms with Crippen molar-refractivity contribution in [2.75, 3.05) is 13.1 Å². The van der Waals surface area contributed by atoms with Crippen LogP contribution in [0.5, 0.6) is 0 Å². The predicted molar refractivity (Wildman–Crippen MR) is 43.1 cm³/mol. The van der Waals surface area contributed by atoms with Crippen molar-refractivity contribution in [3.8, 4) is 0 Å². The molecule has 0 aromatic carbocycles. The van der Waals surface area contributed by atoms with Gasteiger partial charge in [-0.2, -0.15) is 0 Å². The van der Waals surface area contributed by atoms with E-state index in [4.69, 9.17) is 0 Å². The summed E-state index contributed by atoms with van der Waals surface area (Å²) in [6, 6.07) is 0. The second-order valence-corrected chi connectivity index (χ2v) is 2.69. The molecule has 0 aromatic heterocycles. The lowest BCUT2D eigenvalue weighted by molar-refractivity contribution is -0.122. The summed E-state index contributed by atoms with van der Waals surface area (Å²) >= 11 is 1.88. The third kappa shape index (κ3) is 1.79. The van der Waals surface area contributed by atoms with E-state index in [1.54, 1.807) is 0 Å². The molecule has 9 heavy (non-hydrogen) atoms. The summed E-state index contributed by atoms with van der Waals surface area (Å²) in [6.45, 7) is 1.82. The molecule has 1 atom stereocenters. The molecule has 52 valence electrons. The Kier molecular flexibility index (Phi) is 2.71. The molecule has 1 amide bonds. The van der Waals surface area contributed by atoms with Crippen LogP contribution in [0, 0.1) is 5.92 Å². The Morgan fingerprint density at radius 3 is 3.00 bits per heavy atom. The third-order valence-electron chi connectivity index (χ3n) is 1.52. The summed E-state index contributed by atoms with van der Waals surface area (Å²) < 4.78 is 2.60. The van der Waals surface area contributed by atoms with E-state index < -0.39 is 0 Å². The van der Waals surface area contributed by atoms with Crippen LogP contribution in [0.25, 0.3) is 0 Å². The lowest BCUT2D eigenvalue weighted by Crippen LogP contribution is -2.24. The predicted octanol–water partition coefficient (Wildman–Crippen LogP) is 0.0621. The van der Waals surface area contributed by atoms with Gasteiger partial charge in [-0.1, -0.05) is 0 Å². The second kappa shape index (κ2) is 3.36. The van der Waals surface area contributed by atoms with E-state index in [9.17, 15) is 4.79 Å². The van der Waals surface area contributed by atoms with Crippen molar-refractivity contribution in [2.24, 2.45) is 5.92 Å². The van der Waals surface area contributed by atoms with Crippen molar-refractivity contribution in [3.05, 3.63) is 0 Å². The van der Waals surface area contributed by atoms with Gasteiger partial charge in [0.25, 0.3) is 0 Å². The van der Waals surface area contributed by atoms with Crippen molar-refractivity contribution < 1.29 is 4.79 Å². The Balaban J connectivity index is 2.32. The molecule has 0 saturated carbocycles. The molecule has 0 radical (unpaired) electrons. The number of carbonyl (C=O) groups excluding carboxylic acids is 1. The van der Waals surface area contributed by atoms with Gasteiger partial charge in [-0.25, -0.2) is 0 Å². The van der Waals surface area contributed by atoms with E-state index in [0.717, 1.165) is 19.5 Å². The Morgan fingerprint density at radius 2 is 2.56 bits per heavy atom. The van der Waals surface area contributed by atoms with E-state index in [2.05, 4.69) is 8.85 Å². The average Bonchev–Trinajstić information content (AvgIpc) is 2.37. The van der Waals surface area contributed by atoms with Crippen LogP contribution in [0.4, 0.5) is 0 Å². The maximum atomic E-state index is 10.9. The molecule has 1 fully saturated rings. The Bertz CT molecular complexity index is 112. The number of rotatable bonds is 1. The van der Waals surface area contributed by atoms with Gasteiger partial charge in [-0.05, 0) is 13.0 Å². The fourth-order valence-corrected chi connectivity index (χ4v) is 1.40. The Labute approximate surface area is 68.1 Å². The summed E-state index contributed by atoms with van der Waals surface area (Å²) in [7, 11) is 0. The highest BCUT2D eigenvalue weighted by molar-refractivity contribution is 14.1. The molecule has 2 N–H and O–H groups in total. The minimum atomic E-state index is 0.153. The molecule has 0 aliphatic carbocycles. The van der Waals surface area contributed by atoms with E-state index in [0.29, 0.717) is 0 Å². The number of carbonyl (C=O) groups is 1. The van der Waals surface area contributed by atoms with Gasteiger partial charge >= 0.3 is 0 Å². The Morgan fingerprint density at radius 1 is 1.78 bits per heavy atom. The zero-order valence-corrected chi connectivity index (χ0v) is 7.14. The van der Waals surface area contributed by atoms with Crippen molar-refractivity contribution >= 4 is 28.8 Å². The molecular weight excluding hydrogens is 231 g/mol. The normalized spacial score (nSPS) is 26.1. The minimum Gasteiger partial charge on any atom is -0.316 e. The number of nitrogens with one attached hydrogen (secondary N) is 2. The van der Waals surface area contributed by atoms with Crippen LogP contribution in [0.1, 0.15) is 6.42 Å². The maximum absolute atomic E-state index is 10.9. The van der Waals surface area contributed by atoms with Crippen molar-refractivity contribution in [1.82, 2.24) is 8.85 Å². The smallest absolute Gasteiger partial charge is 0.233 e. The molecule has 1 heterocycles. The van der Waals surface area contributed by atoms with E-state index in [1.807, 2.05) is 22.9 Å². The zero-order chi connectivity index (χ0) is 6.69. The molecule has 1 rings (SSSR count). The van der Waals surface area contributed by atoms with Crippen molar-refractivity contribution in [3.63, 3.8) is 0 Å². The van der Waals surface area contributed by atoms with Gasteiger partial charge in [-0.3, -0.25) is 8.32 Å². The highest BCUT2D eigenvalue weighted by Gasteiger charge is 2.20. The molecule has 1 aliphatic heterocycles. The summed E-state index contributed by atoms with van der Waals surface area (Å²) in [5, 5.41) is 3.12. The first kappa shape index (κ1) is 7.27. The SMILES string of the molecule is O=C(NI)[C@@H]1CCNC1. The number of hydrogen-bond donors (Lipinski definition) is 2. The van der Waals surface area contributed by atoms with Gasteiger partial charge in [0.05, 0.1) is 28.8 Å². The number of halogens is 1. The molecule has 0 unspecified atom stereocenters. The fourth-order valence-electron chi connectivity index (χ4n) is 0.956. The topological polar surface area (TPSA) is 41.1 Å². The zero-order valence-electron chi connectivity index (χ0n) is 4.98. The molecule has 0 bridgehead atoms. The van der Waals surface area contributed by atoms with Crippen molar-refractivity contribution in [1.29, 1.82) is 0 Å². The van der Waals surface area contributed by atoms with Gasteiger partial charge in [0, 0.05) is 6.54 Å².